The molecule has 1 aromatic rings. The Hall–Kier alpha value is -1.29. The first-order valence-electron chi connectivity index (χ1n) is 4.62. The molecule has 15 heavy (non-hydrogen) atoms. The van der Waals surface area contributed by atoms with Crippen molar-refractivity contribution in [2.24, 2.45) is 0 Å². The van der Waals surface area contributed by atoms with E-state index in [0.717, 1.165) is 4.90 Å². The summed E-state index contributed by atoms with van der Waals surface area (Å²) in [5.74, 6) is 0.00276. The zero-order valence-corrected chi connectivity index (χ0v) is 9.04. The van der Waals surface area contributed by atoms with E-state index in [4.69, 9.17) is 4.74 Å². The number of hydrogen-bond donors (Lipinski definition) is 0. The molecule has 0 N–H and O–H groups in total. The maximum atomic E-state index is 11.9. The highest BCUT2D eigenvalue weighted by Crippen LogP contribution is 2.30. The summed E-state index contributed by atoms with van der Waals surface area (Å²) in [6, 6.07) is 7.38. The van der Waals surface area contributed by atoms with Crippen LogP contribution in [0.2, 0.25) is 0 Å². The molecule has 1 aliphatic rings. The van der Waals surface area contributed by atoms with E-state index in [-0.39, 0.29) is 5.78 Å². The zero-order chi connectivity index (χ0) is 10.8. The van der Waals surface area contributed by atoms with Crippen LogP contribution in [-0.4, -0.2) is 23.6 Å². The summed E-state index contributed by atoms with van der Waals surface area (Å²) in [6.45, 7) is 1.32. The number of ether oxygens (including phenoxy) is 1. The molecule has 1 aromatic carbocycles. The summed E-state index contributed by atoms with van der Waals surface area (Å²) in [5, 5.41) is 0. The molecule has 0 fully saturated rings. The van der Waals surface area contributed by atoms with Gasteiger partial charge >= 0.3 is 5.97 Å². The van der Waals surface area contributed by atoms with E-state index in [0.29, 0.717) is 11.3 Å². The van der Waals surface area contributed by atoms with Gasteiger partial charge in [0.25, 0.3) is 0 Å². The molecule has 0 amide bonds. The van der Waals surface area contributed by atoms with Crippen LogP contribution in [0.3, 0.4) is 0 Å². The van der Waals surface area contributed by atoms with E-state index in [1.54, 1.807) is 17.8 Å². The van der Waals surface area contributed by atoms with E-state index in [1.807, 2.05) is 18.2 Å². The predicted octanol–water partition coefficient (Wildman–Crippen LogP) is 1.91. The number of thioether (sulfide) groups is 1. The number of benzene rings is 1. The molecular weight excluding hydrogens is 212 g/mol. The lowest BCUT2D eigenvalue weighted by Gasteiger charge is -2.21. The van der Waals surface area contributed by atoms with Gasteiger partial charge in [0.2, 0.25) is 5.78 Å². The highest BCUT2D eigenvalue weighted by Gasteiger charge is 2.29. The first kappa shape index (κ1) is 10.2. The normalized spacial score (nSPS) is 19.5. The number of fused-ring (bicyclic) bond motifs is 1. The second kappa shape index (κ2) is 4.06. The Bertz CT molecular complexity index is 414. The first-order chi connectivity index (χ1) is 7.18. The fraction of sp³-hybridized carbons (Fsp3) is 0.273. The Morgan fingerprint density at radius 2 is 2.20 bits per heavy atom. The number of carbonyl (C=O) groups excluding carboxylic acids is 2. The molecule has 4 heteroatoms. The largest absolute Gasteiger partial charge is 0.453 e. The van der Waals surface area contributed by atoms with Gasteiger partial charge in [0.05, 0.1) is 0 Å². The van der Waals surface area contributed by atoms with Crippen LogP contribution in [0.25, 0.3) is 0 Å². The van der Waals surface area contributed by atoms with Crippen molar-refractivity contribution in [3.8, 4) is 0 Å². The van der Waals surface area contributed by atoms with Gasteiger partial charge in [-0.05, 0) is 6.07 Å². The van der Waals surface area contributed by atoms with Gasteiger partial charge in [-0.15, -0.1) is 11.8 Å². The number of Topliss-reactive ketones (excluding diaryl/α,β-unsaturated/α-hetero) is 1. The third-order valence-electron chi connectivity index (χ3n) is 2.14. The standard InChI is InChI=1S/C11H10O3S/c1-7(12)14-9-6-15-10-5-3-2-4-8(10)11(9)13/h2-5,9H,6H2,1H3. The van der Waals surface area contributed by atoms with Crippen molar-refractivity contribution >= 4 is 23.5 Å². The highest BCUT2D eigenvalue weighted by molar-refractivity contribution is 7.99. The molecule has 0 saturated carbocycles. The molecule has 0 aliphatic carbocycles. The number of esters is 1. The minimum Gasteiger partial charge on any atom is -0.453 e. The fourth-order valence-electron chi connectivity index (χ4n) is 1.50. The van der Waals surface area contributed by atoms with Crippen LogP contribution < -0.4 is 0 Å². The third-order valence-corrected chi connectivity index (χ3v) is 3.28. The topological polar surface area (TPSA) is 43.4 Å². The molecule has 1 atom stereocenters. The lowest BCUT2D eigenvalue weighted by atomic mass is 10.1. The van der Waals surface area contributed by atoms with E-state index in [9.17, 15) is 9.59 Å². The minimum absolute atomic E-state index is 0.0976. The summed E-state index contributed by atoms with van der Waals surface area (Å²) in [5.41, 5.74) is 0.653. The minimum atomic E-state index is -0.623. The quantitative estimate of drug-likeness (QED) is 0.681. The summed E-state index contributed by atoms with van der Waals surface area (Å²) in [4.78, 5) is 23.6. The fourth-order valence-corrected chi connectivity index (χ4v) is 2.55. The highest BCUT2D eigenvalue weighted by atomic mass is 32.2. The Labute approximate surface area is 91.8 Å². The molecule has 2 rings (SSSR count). The molecule has 3 nitrogen and oxygen atoms in total. The number of carbonyl (C=O) groups is 2. The molecule has 0 radical (unpaired) electrons. The molecule has 0 bridgehead atoms. The number of rotatable bonds is 1. The summed E-state index contributed by atoms with van der Waals surface area (Å²) in [7, 11) is 0. The summed E-state index contributed by atoms with van der Waals surface area (Å²) < 4.78 is 4.95. The van der Waals surface area contributed by atoms with Gasteiger partial charge in [0.1, 0.15) is 0 Å². The van der Waals surface area contributed by atoms with Crippen molar-refractivity contribution < 1.29 is 14.3 Å². The van der Waals surface area contributed by atoms with Crippen molar-refractivity contribution in [2.75, 3.05) is 5.75 Å². The van der Waals surface area contributed by atoms with Crippen molar-refractivity contribution in [1.29, 1.82) is 0 Å². The second-order valence-electron chi connectivity index (χ2n) is 3.27. The second-order valence-corrected chi connectivity index (χ2v) is 4.33. The van der Waals surface area contributed by atoms with E-state index in [1.165, 1.54) is 6.92 Å². The van der Waals surface area contributed by atoms with Crippen LogP contribution in [0.5, 0.6) is 0 Å². The van der Waals surface area contributed by atoms with E-state index < -0.39 is 12.1 Å². The van der Waals surface area contributed by atoms with Crippen LogP contribution in [0.15, 0.2) is 29.2 Å². The molecule has 0 aromatic heterocycles. The van der Waals surface area contributed by atoms with Gasteiger partial charge in [0, 0.05) is 23.1 Å². The Morgan fingerprint density at radius 3 is 2.93 bits per heavy atom. The molecule has 0 saturated heterocycles. The monoisotopic (exact) mass is 222 g/mol. The Kier molecular flexibility index (Phi) is 2.77. The van der Waals surface area contributed by atoms with Crippen molar-refractivity contribution in [3.05, 3.63) is 29.8 Å². The molecular formula is C11H10O3S. The maximum Gasteiger partial charge on any atom is 0.303 e. The zero-order valence-electron chi connectivity index (χ0n) is 8.23. The first-order valence-corrected chi connectivity index (χ1v) is 5.60. The van der Waals surface area contributed by atoms with Crippen LogP contribution >= 0.6 is 11.8 Å². The number of hydrogen-bond acceptors (Lipinski definition) is 4. The molecule has 0 spiro atoms. The molecule has 1 aliphatic heterocycles. The smallest absolute Gasteiger partial charge is 0.303 e. The predicted molar refractivity (Wildman–Crippen MR) is 57.1 cm³/mol. The van der Waals surface area contributed by atoms with Crippen molar-refractivity contribution in [1.82, 2.24) is 0 Å². The summed E-state index contributed by atoms with van der Waals surface area (Å²) >= 11 is 1.54. The van der Waals surface area contributed by atoms with Gasteiger partial charge in [-0.1, -0.05) is 18.2 Å². The molecule has 1 heterocycles. The van der Waals surface area contributed by atoms with Crippen molar-refractivity contribution in [2.45, 2.75) is 17.9 Å². The van der Waals surface area contributed by atoms with Gasteiger partial charge < -0.3 is 4.74 Å². The average molecular weight is 222 g/mol. The Balaban J connectivity index is 2.26. The van der Waals surface area contributed by atoms with Gasteiger partial charge in [-0.2, -0.15) is 0 Å². The van der Waals surface area contributed by atoms with E-state index >= 15 is 0 Å². The van der Waals surface area contributed by atoms with Crippen LogP contribution in [0, 0.1) is 0 Å². The van der Waals surface area contributed by atoms with Gasteiger partial charge in [0.15, 0.2) is 6.10 Å². The van der Waals surface area contributed by atoms with Crippen molar-refractivity contribution in [3.63, 3.8) is 0 Å². The number of ketones is 1. The lowest BCUT2D eigenvalue weighted by Crippen LogP contribution is -2.32. The van der Waals surface area contributed by atoms with E-state index in [2.05, 4.69) is 0 Å². The third kappa shape index (κ3) is 2.04. The van der Waals surface area contributed by atoms with Crippen LogP contribution in [0.1, 0.15) is 17.3 Å². The maximum absolute atomic E-state index is 11.9. The van der Waals surface area contributed by atoms with Crippen LogP contribution in [0.4, 0.5) is 0 Å². The Morgan fingerprint density at radius 1 is 1.47 bits per heavy atom. The summed E-state index contributed by atoms with van der Waals surface area (Å²) in [6.07, 6.45) is -0.623. The molecule has 1 unspecified atom stereocenters. The SMILES string of the molecule is CC(=O)OC1CSc2ccccc2C1=O. The van der Waals surface area contributed by atoms with Gasteiger partial charge in [-0.25, -0.2) is 0 Å². The van der Waals surface area contributed by atoms with Gasteiger partial charge in [-0.3, -0.25) is 9.59 Å². The lowest BCUT2D eigenvalue weighted by molar-refractivity contribution is -0.143. The molecule has 78 valence electrons. The average Bonchev–Trinajstić information content (AvgIpc) is 2.22. The van der Waals surface area contributed by atoms with Crippen LogP contribution in [-0.2, 0) is 9.53 Å².